The summed E-state index contributed by atoms with van der Waals surface area (Å²) in [7, 11) is 1.67. The standard InChI is InChI=1S/C19H26N4O4/c1-20-17(24)15-8-26-19(9-22(15)7-12-2-3-12)10-23(11-19)18(25)14-6-16(27-21-14)13-4-5-13/h6,12-13,15H,2-5,7-11H2,1H3,(H,20,24)/t15-/m0/s1. The summed E-state index contributed by atoms with van der Waals surface area (Å²) in [5, 5.41) is 6.70. The number of likely N-dealkylation sites (tertiary alicyclic amines) is 1. The van der Waals surface area contributed by atoms with Gasteiger partial charge in [0.2, 0.25) is 5.91 Å². The minimum atomic E-state index is -0.363. The van der Waals surface area contributed by atoms with Crippen molar-refractivity contribution in [3.05, 3.63) is 17.5 Å². The van der Waals surface area contributed by atoms with Gasteiger partial charge in [-0.2, -0.15) is 0 Å². The number of likely N-dealkylation sites (N-methyl/N-ethyl adjacent to an activating group) is 1. The molecule has 27 heavy (non-hydrogen) atoms. The van der Waals surface area contributed by atoms with E-state index in [1.165, 1.54) is 12.8 Å². The minimum Gasteiger partial charge on any atom is -0.368 e. The maximum Gasteiger partial charge on any atom is 0.276 e. The smallest absolute Gasteiger partial charge is 0.276 e. The van der Waals surface area contributed by atoms with Crippen molar-refractivity contribution in [3.63, 3.8) is 0 Å². The highest BCUT2D eigenvalue weighted by Gasteiger charge is 2.53. The first-order valence-corrected chi connectivity index (χ1v) is 9.92. The number of ether oxygens (including phenoxy) is 1. The van der Waals surface area contributed by atoms with Crippen LogP contribution in [0.5, 0.6) is 0 Å². The Balaban J connectivity index is 1.22. The van der Waals surface area contributed by atoms with Crippen LogP contribution >= 0.6 is 0 Å². The molecule has 0 radical (unpaired) electrons. The van der Waals surface area contributed by atoms with E-state index in [9.17, 15) is 9.59 Å². The summed E-state index contributed by atoms with van der Waals surface area (Å²) in [5.41, 5.74) is 0.0265. The number of nitrogens with one attached hydrogen (secondary N) is 1. The van der Waals surface area contributed by atoms with Gasteiger partial charge in [-0.25, -0.2) is 0 Å². The Labute approximate surface area is 158 Å². The van der Waals surface area contributed by atoms with E-state index in [1.807, 2.05) is 0 Å². The second-order valence-electron chi connectivity index (χ2n) is 8.55. The second kappa shape index (κ2) is 6.31. The average molecular weight is 374 g/mol. The van der Waals surface area contributed by atoms with Crippen molar-refractivity contribution in [1.29, 1.82) is 0 Å². The summed E-state index contributed by atoms with van der Waals surface area (Å²) in [6, 6.07) is 1.55. The number of hydrogen-bond acceptors (Lipinski definition) is 6. The van der Waals surface area contributed by atoms with Crippen LogP contribution in [0.15, 0.2) is 10.6 Å². The van der Waals surface area contributed by atoms with Crippen molar-refractivity contribution in [1.82, 2.24) is 20.3 Å². The molecular formula is C19H26N4O4. The van der Waals surface area contributed by atoms with Gasteiger partial charge in [0.05, 0.1) is 19.7 Å². The maximum absolute atomic E-state index is 12.7. The Morgan fingerprint density at radius 1 is 1.26 bits per heavy atom. The highest BCUT2D eigenvalue weighted by atomic mass is 16.5. The number of carbonyl (C=O) groups is 2. The lowest BCUT2D eigenvalue weighted by Crippen LogP contribution is -2.73. The van der Waals surface area contributed by atoms with Crippen molar-refractivity contribution in [2.75, 3.05) is 39.8 Å². The lowest BCUT2D eigenvalue weighted by molar-refractivity contribution is -0.191. The Kier molecular flexibility index (Phi) is 4.01. The average Bonchev–Trinajstić information content (AvgIpc) is 3.59. The third-order valence-electron chi connectivity index (χ3n) is 6.19. The molecule has 1 aromatic heterocycles. The molecule has 2 aliphatic carbocycles. The molecule has 1 spiro atoms. The number of nitrogens with zero attached hydrogens (tertiary/aromatic N) is 3. The fourth-order valence-corrected chi connectivity index (χ4v) is 4.22. The van der Waals surface area contributed by atoms with Gasteiger partial charge in [0, 0.05) is 32.1 Å². The van der Waals surface area contributed by atoms with Crippen LogP contribution in [0.4, 0.5) is 0 Å². The molecule has 0 unspecified atom stereocenters. The molecule has 3 heterocycles. The van der Waals surface area contributed by atoms with E-state index in [-0.39, 0.29) is 23.5 Å². The van der Waals surface area contributed by atoms with Gasteiger partial charge in [-0.3, -0.25) is 14.5 Å². The van der Waals surface area contributed by atoms with Crippen LogP contribution in [0.2, 0.25) is 0 Å². The lowest BCUT2D eigenvalue weighted by atomic mass is 9.89. The molecule has 146 valence electrons. The SMILES string of the molecule is CNC(=O)[C@@H]1COC2(CN(C(=O)c3cc(C4CC4)on3)C2)CN1CC1CC1. The molecule has 2 saturated carbocycles. The lowest BCUT2D eigenvalue weighted by Gasteiger charge is -2.55. The molecule has 0 bridgehead atoms. The van der Waals surface area contributed by atoms with Crippen LogP contribution in [-0.4, -0.2) is 78.2 Å². The molecule has 8 nitrogen and oxygen atoms in total. The molecule has 4 aliphatic rings. The molecular weight excluding hydrogens is 348 g/mol. The molecule has 1 N–H and O–H groups in total. The Morgan fingerprint density at radius 2 is 2.04 bits per heavy atom. The zero-order valence-corrected chi connectivity index (χ0v) is 15.6. The number of amides is 2. The van der Waals surface area contributed by atoms with Crippen molar-refractivity contribution in [2.24, 2.45) is 5.92 Å². The first kappa shape index (κ1) is 17.2. The Bertz CT molecular complexity index is 749. The molecule has 2 saturated heterocycles. The molecule has 4 fully saturated rings. The van der Waals surface area contributed by atoms with Crippen LogP contribution in [0.25, 0.3) is 0 Å². The van der Waals surface area contributed by atoms with E-state index < -0.39 is 0 Å². The van der Waals surface area contributed by atoms with Crippen LogP contribution in [-0.2, 0) is 9.53 Å². The van der Waals surface area contributed by atoms with Crippen molar-refractivity contribution >= 4 is 11.8 Å². The van der Waals surface area contributed by atoms with E-state index in [0.29, 0.717) is 43.8 Å². The van der Waals surface area contributed by atoms with Gasteiger partial charge >= 0.3 is 0 Å². The van der Waals surface area contributed by atoms with Gasteiger partial charge in [-0.15, -0.1) is 0 Å². The molecule has 2 amide bonds. The van der Waals surface area contributed by atoms with Gasteiger partial charge in [0.15, 0.2) is 5.69 Å². The molecule has 5 rings (SSSR count). The Morgan fingerprint density at radius 3 is 2.70 bits per heavy atom. The fourth-order valence-electron chi connectivity index (χ4n) is 4.22. The summed E-state index contributed by atoms with van der Waals surface area (Å²) in [5.74, 6) is 1.88. The van der Waals surface area contributed by atoms with Gasteiger partial charge < -0.3 is 19.5 Å². The number of hydrogen-bond donors (Lipinski definition) is 1. The van der Waals surface area contributed by atoms with Gasteiger partial charge in [-0.1, -0.05) is 5.16 Å². The number of morpholine rings is 1. The van der Waals surface area contributed by atoms with Crippen LogP contribution in [0.1, 0.15) is 47.8 Å². The van der Waals surface area contributed by atoms with Crippen LogP contribution in [0.3, 0.4) is 0 Å². The summed E-state index contributed by atoms with van der Waals surface area (Å²) >= 11 is 0. The number of aromatic nitrogens is 1. The fraction of sp³-hybridized carbons (Fsp3) is 0.737. The molecule has 0 aromatic carbocycles. The highest BCUT2D eigenvalue weighted by molar-refractivity contribution is 5.93. The number of carbonyl (C=O) groups excluding carboxylic acids is 2. The van der Waals surface area contributed by atoms with Crippen LogP contribution < -0.4 is 5.32 Å². The third kappa shape index (κ3) is 3.25. The zero-order chi connectivity index (χ0) is 18.6. The van der Waals surface area contributed by atoms with E-state index in [1.54, 1.807) is 18.0 Å². The summed E-state index contributed by atoms with van der Waals surface area (Å²) in [4.78, 5) is 28.9. The molecule has 2 aliphatic heterocycles. The quantitative estimate of drug-likeness (QED) is 0.812. The minimum absolute atomic E-state index is 0.00737. The van der Waals surface area contributed by atoms with Crippen molar-refractivity contribution < 1.29 is 18.8 Å². The third-order valence-corrected chi connectivity index (χ3v) is 6.19. The molecule has 8 heteroatoms. The predicted molar refractivity (Wildman–Crippen MR) is 95.2 cm³/mol. The zero-order valence-electron chi connectivity index (χ0n) is 15.6. The van der Waals surface area contributed by atoms with E-state index in [4.69, 9.17) is 9.26 Å². The van der Waals surface area contributed by atoms with Crippen molar-refractivity contribution in [3.8, 4) is 0 Å². The Hall–Kier alpha value is -1.93. The number of rotatable bonds is 5. The normalized spacial score (nSPS) is 27.4. The van der Waals surface area contributed by atoms with Gasteiger partial charge in [0.25, 0.3) is 5.91 Å². The summed E-state index contributed by atoms with van der Waals surface area (Å²) in [6.07, 6.45) is 4.72. The van der Waals surface area contributed by atoms with Gasteiger partial charge in [0.1, 0.15) is 17.4 Å². The molecule has 1 aromatic rings. The molecule has 1 atom stereocenters. The topological polar surface area (TPSA) is 87.9 Å². The van der Waals surface area contributed by atoms with E-state index >= 15 is 0 Å². The van der Waals surface area contributed by atoms with Gasteiger partial charge in [-0.05, 0) is 31.6 Å². The van der Waals surface area contributed by atoms with Crippen LogP contribution in [0, 0.1) is 5.92 Å². The monoisotopic (exact) mass is 374 g/mol. The first-order chi connectivity index (χ1) is 13.1. The predicted octanol–water partition coefficient (Wildman–Crippen LogP) is 0.603. The largest absolute Gasteiger partial charge is 0.368 e. The first-order valence-electron chi connectivity index (χ1n) is 9.92. The van der Waals surface area contributed by atoms with Crippen molar-refractivity contribution in [2.45, 2.75) is 43.2 Å². The maximum atomic E-state index is 12.7. The second-order valence-corrected chi connectivity index (χ2v) is 8.55. The summed E-state index contributed by atoms with van der Waals surface area (Å²) < 4.78 is 11.4. The summed E-state index contributed by atoms with van der Waals surface area (Å²) in [6.45, 7) is 3.09. The van der Waals surface area contributed by atoms with E-state index in [0.717, 1.165) is 25.1 Å². The van der Waals surface area contributed by atoms with E-state index in [2.05, 4.69) is 15.4 Å². The highest BCUT2D eigenvalue weighted by Crippen LogP contribution is 2.41.